The molecule has 0 aromatic heterocycles. The number of primary amides is 1. The number of piperidine rings is 1. The monoisotopic (exact) mass is 498 g/mol. The summed E-state index contributed by atoms with van der Waals surface area (Å²) in [5.41, 5.74) is 7.53. The lowest BCUT2D eigenvalue weighted by molar-refractivity contribution is -0.139. The van der Waals surface area contributed by atoms with Gasteiger partial charge in [-0.3, -0.25) is 14.4 Å². The maximum Gasteiger partial charge on any atom is 0.249 e. The molecule has 0 unspecified atom stereocenters. The molecular formula is C28H42N4O4. The van der Waals surface area contributed by atoms with Crippen LogP contribution in [0.15, 0.2) is 18.2 Å². The van der Waals surface area contributed by atoms with Crippen molar-refractivity contribution in [3.05, 3.63) is 34.9 Å². The third-order valence-corrected chi connectivity index (χ3v) is 8.20. The molecule has 2 amide bonds. The van der Waals surface area contributed by atoms with Gasteiger partial charge in [0.1, 0.15) is 18.8 Å². The molecule has 198 valence electrons. The number of carbonyl (C=O) groups is 3. The Morgan fingerprint density at radius 2 is 1.92 bits per heavy atom. The van der Waals surface area contributed by atoms with Crippen molar-refractivity contribution in [2.45, 2.75) is 77.0 Å². The molecule has 1 aromatic carbocycles. The van der Waals surface area contributed by atoms with Crippen molar-refractivity contribution in [2.75, 3.05) is 39.8 Å². The van der Waals surface area contributed by atoms with E-state index in [1.54, 1.807) is 11.0 Å². The number of likely N-dealkylation sites (N-methyl/N-ethyl adjacent to an activating group) is 1. The van der Waals surface area contributed by atoms with Crippen LogP contribution in [-0.2, 0) is 14.3 Å². The molecule has 3 heterocycles. The predicted molar refractivity (Wildman–Crippen MR) is 139 cm³/mol. The maximum absolute atomic E-state index is 14.3. The van der Waals surface area contributed by atoms with Gasteiger partial charge >= 0.3 is 0 Å². The highest BCUT2D eigenvalue weighted by molar-refractivity contribution is 5.99. The Balaban J connectivity index is 1.70. The molecule has 1 aromatic rings. The molecule has 8 nitrogen and oxygen atoms in total. The molecule has 3 N–H and O–H groups in total. The molecule has 0 radical (unpaired) electrons. The maximum atomic E-state index is 14.3. The van der Waals surface area contributed by atoms with E-state index in [0.29, 0.717) is 23.6 Å². The van der Waals surface area contributed by atoms with Gasteiger partial charge in [-0.1, -0.05) is 39.8 Å². The summed E-state index contributed by atoms with van der Waals surface area (Å²) in [6.07, 6.45) is 2.91. The molecule has 4 atom stereocenters. The lowest BCUT2D eigenvalue weighted by atomic mass is 9.72. The van der Waals surface area contributed by atoms with Crippen molar-refractivity contribution in [2.24, 2.45) is 11.1 Å². The number of ether oxygens (including phenoxy) is 1. The van der Waals surface area contributed by atoms with Crippen LogP contribution in [0.4, 0.5) is 0 Å². The van der Waals surface area contributed by atoms with Gasteiger partial charge < -0.3 is 25.6 Å². The first kappa shape index (κ1) is 26.8. The number of hydrogen-bond donors (Lipinski definition) is 2. The number of likely N-dealkylation sites (tertiary alicyclic amines) is 2. The van der Waals surface area contributed by atoms with Gasteiger partial charge in [-0.15, -0.1) is 0 Å². The van der Waals surface area contributed by atoms with Crippen molar-refractivity contribution in [1.82, 2.24) is 15.1 Å². The van der Waals surface area contributed by atoms with Gasteiger partial charge in [-0.05, 0) is 74.5 Å². The van der Waals surface area contributed by atoms with Crippen molar-refractivity contribution >= 4 is 17.6 Å². The average Bonchev–Trinajstić information content (AvgIpc) is 3.39. The van der Waals surface area contributed by atoms with Gasteiger partial charge in [0.25, 0.3) is 0 Å². The molecule has 3 aliphatic rings. The summed E-state index contributed by atoms with van der Waals surface area (Å²) in [6, 6.07) is 5.14. The zero-order valence-electron chi connectivity index (χ0n) is 22.4. The van der Waals surface area contributed by atoms with Crippen LogP contribution in [0.1, 0.15) is 80.3 Å². The Labute approximate surface area is 214 Å². The second-order valence-corrected chi connectivity index (χ2v) is 11.7. The molecule has 0 bridgehead atoms. The summed E-state index contributed by atoms with van der Waals surface area (Å²) >= 11 is 0. The minimum Gasteiger partial charge on any atom is -0.366 e. The Bertz CT molecular complexity index is 996. The standard InChI is InChI=1S/C28H42N4O4/c1-6-11-31-12-9-17(10-13-31)18-7-8-19(26(29)34)20(14-18)23(28(2,3)4)27(35)32-15-21(30-5)25-24(32)22(33)16-36-25/h7-8,14,17,21,23-25,30H,6,9-13,15-16H2,1-5H3,(H2,29,34)/t21-,23-,24+,25+/m0/s1. The highest BCUT2D eigenvalue weighted by Gasteiger charge is 2.54. The molecule has 4 rings (SSSR count). The number of ketones is 1. The van der Waals surface area contributed by atoms with Crippen molar-refractivity contribution in [1.29, 1.82) is 0 Å². The Hall–Kier alpha value is -2.29. The zero-order chi connectivity index (χ0) is 26.2. The first-order valence-electron chi connectivity index (χ1n) is 13.3. The lowest BCUT2D eigenvalue weighted by Gasteiger charge is -2.36. The number of hydrogen-bond acceptors (Lipinski definition) is 6. The summed E-state index contributed by atoms with van der Waals surface area (Å²) in [6.45, 7) is 11.9. The SMILES string of the molecule is CCCN1CCC(c2ccc(C(N)=O)c([C@@H](C(=O)N3C[C@H](NC)[C@H]4OCC(=O)[C@H]43)C(C)(C)C)c2)CC1. The van der Waals surface area contributed by atoms with E-state index in [-0.39, 0.29) is 30.4 Å². The van der Waals surface area contributed by atoms with Crippen molar-refractivity contribution in [3.8, 4) is 0 Å². The fourth-order valence-corrected chi connectivity index (χ4v) is 6.38. The molecule has 0 saturated carbocycles. The van der Waals surface area contributed by atoms with E-state index in [2.05, 4.69) is 17.1 Å². The minimum atomic E-state index is -0.621. The fraction of sp³-hybridized carbons (Fsp3) is 0.679. The number of nitrogens with two attached hydrogens (primary N) is 1. The van der Waals surface area contributed by atoms with Gasteiger partial charge in [0, 0.05) is 12.1 Å². The molecule has 3 saturated heterocycles. The van der Waals surface area contributed by atoms with Crippen LogP contribution in [-0.4, -0.2) is 85.4 Å². The molecular weight excluding hydrogens is 456 g/mol. The second-order valence-electron chi connectivity index (χ2n) is 11.7. The minimum absolute atomic E-state index is 0.0240. The molecule has 3 aliphatic heterocycles. The normalized spacial score (nSPS) is 26.3. The Morgan fingerprint density at radius 1 is 1.22 bits per heavy atom. The van der Waals surface area contributed by atoms with Crippen LogP contribution in [0.25, 0.3) is 0 Å². The first-order chi connectivity index (χ1) is 17.1. The van der Waals surface area contributed by atoms with Crippen molar-refractivity contribution < 1.29 is 19.1 Å². The van der Waals surface area contributed by atoms with E-state index >= 15 is 0 Å². The summed E-state index contributed by atoms with van der Waals surface area (Å²) in [7, 11) is 1.82. The van der Waals surface area contributed by atoms with Crippen LogP contribution in [0.5, 0.6) is 0 Å². The topological polar surface area (TPSA) is 105 Å². The highest BCUT2D eigenvalue weighted by Crippen LogP contribution is 2.42. The van der Waals surface area contributed by atoms with Gasteiger partial charge in [0.05, 0.1) is 12.0 Å². The largest absolute Gasteiger partial charge is 0.366 e. The second kappa shape index (κ2) is 10.6. The van der Waals surface area contributed by atoms with Gasteiger partial charge in [-0.2, -0.15) is 0 Å². The van der Waals surface area contributed by atoms with Crippen LogP contribution < -0.4 is 11.1 Å². The number of Topliss-reactive ketones (excluding diaryl/α,β-unsaturated/α-hetero) is 1. The van der Waals surface area contributed by atoms with E-state index < -0.39 is 23.3 Å². The van der Waals surface area contributed by atoms with Gasteiger partial charge in [0.2, 0.25) is 11.8 Å². The smallest absolute Gasteiger partial charge is 0.249 e. The number of nitrogens with one attached hydrogen (secondary N) is 1. The first-order valence-corrected chi connectivity index (χ1v) is 13.3. The zero-order valence-corrected chi connectivity index (χ0v) is 22.4. The third-order valence-electron chi connectivity index (χ3n) is 8.20. The molecule has 0 spiro atoms. The summed E-state index contributed by atoms with van der Waals surface area (Å²) < 4.78 is 5.75. The number of benzene rings is 1. The fourth-order valence-electron chi connectivity index (χ4n) is 6.38. The van der Waals surface area contributed by atoms with E-state index in [1.165, 1.54) is 0 Å². The highest BCUT2D eigenvalue weighted by atomic mass is 16.5. The molecule has 8 heteroatoms. The molecule has 36 heavy (non-hydrogen) atoms. The van der Waals surface area contributed by atoms with E-state index in [1.807, 2.05) is 40.0 Å². The van der Waals surface area contributed by atoms with E-state index in [4.69, 9.17) is 10.5 Å². The van der Waals surface area contributed by atoms with Crippen molar-refractivity contribution in [3.63, 3.8) is 0 Å². The Morgan fingerprint density at radius 3 is 2.50 bits per heavy atom. The van der Waals surface area contributed by atoms with Gasteiger partial charge in [-0.25, -0.2) is 0 Å². The lowest BCUT2D eigenvalue weighted by Crippen LogP contribution is -2.47. The van der Waals surface area contributed by atoms with Gasteiger partial charge in [0.15, 0.2) is 5.78 Å². The summed E-state index contributed by atoms with van der Waals surface area (Å²) in [4.78, 5) is 43.7. The number of carbonyl (C=O) groups excluding carboxylic acids is 3. The predicted octanol–water partition coefficient (Wildman–Crippen LogP) is 2.27. The van der Waals surface area contributed by atoms with Crippen LogP contribution in [0.3, 0.4) is 0 Å². The summed E-state index contributed by atoms with van der Waals surface area (Å²) in [5, 5.41) is 3.20. The third kappa shape index (κ3) is 5.08. The number of amides is 2. The van der Waals surface area contributed by atoms with E-state index in [9.17, 15) is 14.4 Å². The molecule has 3 fully saturated rings. The average molecular weight is 499 g/mol. The van der Waals surface area contributed by atoms with Crippen LogP contribution in [0.2, 0.25) is 0 Å². The summed E-state index contributed by atoms with van der Waals surface area (Å²) in [5.74, 6) is -0.994. The van der Waals surface area contributed by atoms with E-state index in [0.717, 1.165) is 44.5 Å². The number of rotatable bonds is 7. The molecule has 0 aliphatic carbocycles. The quantitative estimate of drug-likeness (QED) is 0.598. The number of nitrogens with zero attached hydrogens (tertiary/aromatic N) is 2. The number of fused-ring (bicyclic) bond motifs is 1. The van der Waals surface area contributed by atoms with Crippen LogP contribution >= 0.6 is 0 Å². The van der Waals surface area contributed by atoms with Crippen LogP contribution in [0, 0.1) is 5.41 Å². The Kier molecular flexibility index (Phi) is 7.88.